The summed E-state index contributed by atoms with van der Waals surface area (Å²) in [6, 6.07) is 4.02. The Kier molecular flexibility index (Phi) is 5.52. The monoisotopic (exact) mass is 496 g/mol. The van der Waals surface area contributed by atoms with E-state index in [0.29, 0.717) is 36.0 Å². The molecule has 3 aliphatic rings. The fourth-order valence-electron chi connectivity index (χ4n) is 5.20. The van der Waals surface area contributed by atoms with Crippen LogP contribution in [0.2, 0.25) is 0 Å². The first-order chi connectivity index (χ1) is 17.3. The molecule has 0 bridgehead atoms. The van der Waals surface area contributed by atoms with Gasteiger partial charge in [0.05, 0.1) is 41.7 Å². The lowest BCUT2D eigenvalue weighted by molar-refractivity contribution is -0.127. The maximum absolute atomic E-state index is 14.4. The number of nitrogens with zero attached hydrogens (tertiary/aromatic N) is 7. The number of hydrogen-bond donors (Lipinski definition) is 2. The number of pyridine rings is 1. The van der Waals surface area contributed by atoms with E-state index in [9.17, 15) is 9.50 Å². The lowest BCUT2D eigenvalue weighted by Gasteiger charge is -2.55. The fourth-order valence-corrected chi connectivity index (χ4v) is 5.20. The van der Waals surface area contributed by atoms with Crippen molar-refractivity contribution in [2.75, 3.05) is 54.5 Å². The number of fused-ring (bicyclic) bond motifs is 1. The van der Waals surface area contributed by atoms with Gasteiger partial charge in [-0.15, -0.1) is 0 Å². The molecular weight excluding hydrogens is 463 g/mol. The summed E-state index contributed by atoms with van der Waals surface area (Å²) in [4.78, 5) is 17.7. The second-order valence-corrected chi connectivity index (χ2v) is 10.8. The average Bonchev–Trinajstić information content (AvgIpc) is 3.17. The molecular formula is C25H33FN8O2. The van der Waals surface area contributed by atoms with Crippen molar-refractivity contribution in [2.45, 2.75) is 51.4 Å². The zero-order valence-electron chi connectivity index (χ0n) is 21.0. The summed E-state index contributed by atoms with van der Waals surface area (Å²) in [5.74, 6) is 2.63. The molecule has 0 amide bonds. The lowest BCUT2D eigenvalue weighted by atomic mass is 9.78. The van der Waals surface area contributed by atoms with E-state index in [1.165, 1.54) is 6.92 Å². The summed E-state index contributed by atoms with van der Waals surface area (Å²) < 4.78 is 21.9. The first-order valence-electron chi connectivity index (χ1n) is 12.7. The highest BCUT2D eigenvalue weighted by Crippen LogP contribution is 2.42. The van der Waals surface area contributed by atoms with Gasteiger partial charge in [-0.05, 0) is 32.8 Å². The maximum atomic E-state index is 14.4. The largest absolute Gasteiger partial charge is 0.387 e. The zero-order valence-corrected chi connectivity index (χ0v) is 21.0. The van der Waals surface area contributed by atoms with Gasteiger partial charge in [0.15, 0.2) is 5.82 Å². The number of piperidine rings is 1. The molecule has 36 heavy (non-hydrogen) atoms. The van der Waals surface area contributed by atoms with Crippen LogP contribution in [0.25, 0.3) is 10.9 Å². The Morgan fingerprint density at radius 1 is 1.25 bits per heavy atom. The smallest absolute Gasteiger partial charge is 0.227 e. The van der Waals surface area contributed by atoms with Gasteiger partial charge < -0.3 is 25.0 Å². The van der Waals surface area contributed by atoms with Crippen molar-refractivity contribution in [3.63, 3.8) is 0 Å². The highest BCUT2D eigenvalue weighted by molar-refractivity contribution is 5.92. The summed E-state index contributed by atoms with van der Waals surface area (Å²) in [7, 11) is 0. The SMILES string of the molecule is CCC(C)n1nc(N2CC3(COC3)C2)c2cnc(Nc3ccnc(N4CC[C@](C)(O)[C@H](F)C4)n3)cc21. The minimum Gasteiger partial charge on any atom is -0.387 e. The van der Waals surface area contributed by atoms with Gasteiger partial charge in [-0.2, -0.15) is 10.1 Å². The van der Waals surface area contributed by atoms with Crippen LogP contribution in [0.1, 0.15) is 39.7 Å². The number of rotatable bonds is 6. The number of ether oxygens (including phenoxy) is 1. The third-order valence-corrected chi connectivity index (χ3v) is 7.87. The number of nitrogens with one attached hydrogen (secondary N) is 1. The lowest BCUT2D eigenvalue weighted by Crippen LogP contribution is -2.66. The molecule has 0 aromatic carbocycles. The van der Waals surface area contributed by atoms with Crippen molar-refractivity contribution < 1.29 is 14.2 Å². The Labute approximate surface area is 209 Å². The van der Waals surface area contributed by atoms with E-state index >= 15 is 0 Å². The van der Waals surface area contributed by atoms with E-state index in [1.54, 1.807) is 17.2 Å². The van der Waals surface area contributed by atoms with Crippen LogP contribution < -0.4 is 15.1 Å². The molecule has 6 heterocycles. The van der Waals surface area contributed by atoms with Crippen molar-refractivity contribution in [1.82, 2.24) is 24.7 Å². The molecule has 3 aliphatic heterocycles. The quantitative estimate of drug-likeness (QED) is 0.533. The number of halogens is 1. The Morgan fingerprint density at radius 3 is 2.75 bits per heavy atom. The number of alkyl halides is 1. The Hall–Kier alpha value is -3.05. The molecule has 3 aromatic rings. The van der Waals surface area contributed by atoms with Crippen molar-refractivity contribution >= 4 is 34.3 Å². The summed E-state index contributed by atoms with van der Waals surface area (Å²) in [5.41, 5.74) is 0.0135. The van der Waals surface area contributed by atoms with Gasteiger partial charge in [-0.1, -0.05) is 6.92 Å². The minimum absolute atomic E-state index is 0.0570. The van der Waals surface area contributed by atoms with Crippen molar-refractivity contribution in [2.24, 2.45) is 5.41 Å². The normalized spacial score (nSPS) is 26.1. The third kappa shape index (κ3) is 3.94. The van der Waals surface area contributed by atoms with Crippen LogP contribution in [0.3, 0.4) is 0 Å². The predicted octanol–water partition coefficient (Wildman–Crippen LogP) is 3.07. The van der Waals surface area contributed by atoms with E-state index in [-0.39, 0.29) is 12.6 Å². The van der Waals surface area contributed by atoms with Gasteiger partial charge in [0.1, 0.15) is 17.8 Å². The van der Waals surface area contributed by atoms with Crippen LogP contribution in [0.15, 0.2) is 24.5 Å². The van der Waals surface area contributed by atoms with Gasteiger partial charge >= 0.3 is 0 Å². The van der Waals surface area contributed by atoms with E-state index in [4.69, 9.17) is 9.84 Å². The van der Waals surface area contributed by atoms with Crippen molar-refractivity contribution in [1.29, 1.82) is 0 Å². The molecule has 1 spiro atoms. The van der Waals surface area contributed by atoms with Crippen LogP contribution >= 0.6 is 0 Å². The average molecular weight is 497 g/mol. The summed E-state index contributed by atoms with van der Waals surface area (Å²) in [6.07, 6.45) is 3.45. The zero-order chi connectivity index (χ0) is 25.1. The summed E-state index contributed by atoms with van der Waals surface area (Å²) >= 11 is 0. The molecule has 3 fully saturated rings. The molecule has 1 unspecified atom stereocenters. The molecule has 0 saturated carbocycles. The number of aliphatic hydroxyl groups is 1. The van der Waals surface area contributed by atoms with Gasteiger partial charge in [-0.3, -0.25) is 4.68 Å². The second kappa shape index (κ2) is 8.52. The van der Waals surface area contributed by atoms with Crippen LogP contribution in [-0.4, -0.2) is 81.0 Å². The maximum Gasteiger partial charge on any atom is 0.227 e. The van der Waals surface area contributed by atoms with Crippen LogP contribution in [0.4, 0.5) is 27.8 Å². The fraction of sp³-hybridized carbons (Fsp3) is 0.600. The highest BCUT2D eigenvalue weighted by atomic mass is 19.1. The van der Waals surface area contributed by atoms with Crippen LogP contribution in [0, 0.1) is 5.41 Å². The molecule has 10 nitrogen and oxygen atoms in total. The van der Waals surface area contributed by atoms with E-state index < -0.39 is 11.8 Å². The van der Waals surface area contributed by atoms with Crippen LogP contribution in [-0.2, 0) is 4.74 Å². The second-order valence-electron chi connectivity index (χ2n) is 10.8. The summed E-state index contributed by atoms with van der Waals surface area (Å²) in [5, 5.41) is 19.5. The molecule has 0 radical (unpaired) electrons. The first-order valence-corrected chi connectivity index (χ1v) is 12.7. The van der Waals surface area contributed by atoms with Gasteiger partial charge in [0.25, 0.3) is 0 Å². The van der Waals surface area contributed by atoms with E-state index in [0.717, 1.165) is 49.4 Å². The number of aromatic nitrogens is 5. The third-order valence-electron chi connectivity index (χ3n) is 7.87. The standard InChI is InChI=1S/C25H33FN8O2/c1-4-16(2)34-18-9-21(28-10-17(18)22(31-34)33-12-25(13-33)14-36-15-25)29-20-5-7-27-23(30-20)32-8-6-24(3,35)19(26)11-32/h5,7,9-10,16,19,35H,4,6,8,11-15H2,1-3H3,(H,27,28,29,30)/t16?,19-,24+/m1/s1. The van der Waals surface area contributed by atoms with Crippen molar-refractivity contribution in [3.05, 3.63) is 24.5 Å². The minimum atomic E-state index is -1.36. The van der Waals surface area contributed by atoms with E-state index in [2.05, 4.69) is 43.7 Å². The number of hydrogen-bond acceptors (Lipinski definition) is 9. The first kappa shape index (κ1) is 23.4. The molecule has 6 rings (SSSR count). The molecule has 0 aliphatic carbocycles. The Bertz CT molecular complexity index is 1270. The van der Waals surface area contributed by atoms with Crippen LogP contribution in [0.5, 0.6) is 0 Å². The van der Waals surface area contributed by atoms with Gasteiger partial charge in [0, 0.05) is 44.1 Å². The number of anilines is 4. The molecule has 3 saturated heterocycles. The Morgan fingerprint density at radius 2 is 2.06 bits per heavy atom. The highest BCUT2D eigenvalue weighted by Gasteiger charge is 2.50. The summed E-state index contributed by atoms with van der Waals surface area (Å²) in [6.45, 7) is 10.0. The molecule has 192 valence electrons. The van der Waals surface area contributed by atoms with Crippen molar-refractivity contribution in [3.8, 4) is 0 Å². The molecule has 3 aromatic heterocycles. The van der Waals surface area contributed by atoms with Gasteiger partial charge in [0.2, 0.25) is 5.95 Å². The topological polar surface area (TPSA) is 104 Å². The molecule has 3 atom stereocenters. The Balaban J connectivity index is 1.25. The predicted molar refractivity (Wildman–Crippen MR) is 136 cm³/mol. The molecule has 11 heteroatoms. The molecule has 2 N–H and O–H groups in total. The van der Waals surface area contributed by atoms with E-state index in [1.807, 2.05) is 12.3 Å². The van der Waals surface area contributed by atoms with Gasteiger partial charge in [-0.25, -0.2) is 14.4 Å².